The normalized spacial score (nSPS) is 9.65. The molecular formula is C14H11Cl3FNO. The van der Waals surface area contributed by atoms with Crippen molar-refractivity contribution in [3.05, 3.63) is 69.5 Å². The molecule has 0 atom stereocenters. The molecule has 0 aliphatic rings. The highest BCUT2D eigenvalue weighted by Gasteiger charge is 2.00. The molecule has 0 saturated heterocycles. The van der Waals surface area contributed by atoms with E-state index in [1.54, 1.807) is 12.1 Å². The van der Waals surface area contributed by atoms with Crippen LogP contribution in [0.1, 0.15) is 15.9 Å². The topological polar surface area (TPSA) is 43.1 Å². The lowest BCUT2D eigenvalue weighted by molar-refractivity contribution is 0.108. The first-order valence-corrected chi connectivity index (χ1v) is 6.67. The fraction of sp³-hybridized carbons (Fsp3) is 0.0714. The molecule has 2 aromatic rings. The van der Waals surface area contributed by atoms with Gasteiger partial charge in [0.05, 0.1) is 10.0 Å². The van der Waals surface area contributed by atoms with Crippen LogP contribution in [0.5, 0.6) is 0 Å². The Hall–Kier alpha value is -1.13. The number of carbonyl (C=O) groups is 1. The number of hydrogen-bond acceptors (Lipinski definition) is 2. The van der Waals surface area contributed by atoms with Gasteiger partial charge in [-0.1, -0.05) is 35.3 Å². The molecule has 0 fully saturated rings. The summed E-state index contributed by atoms with van der Waals surface area (Å²) in [6.45, 7) is 0.497. The molecule has 2 aromatic carbocycles. The fourth-order valence-electron chi connectivity index (χ4n) is 1.28. The van der Waals surface area contributed by atoms with Gasteiger partial charge in [-0.2, -0.15) is 0 Å². The summed E-state index contributed by atoms with van der Waals surface area (Å²) >= 11 is 16.4. The fourth-order valence-corrected chi connectivity index (χ4v) is 1.72. The Bertz CT molecular complexity index is 605. The van der Waals surface area contributed by atoms with Gasteiger partial charge >= 0.3 is 0 Å². The first-order chi connectivity index (χ1) is 9.43. The van der Waals surface area contributed by atoms with Crippen molar-refractivity contribution in [2.24, 2.45) is 5.73 Å². The zero-order valence-electron chi connectivity index (χ0n) is 10.2. The summed E-state index contributed by atoms with van der Waals surface area (Å²) < 4.78 is 12.3. The van der Waals surface area contributed by atoms with E-state index in [2.05, 4.69) is 0 Å². The van der Waals surface area contributed by atoms with Gasteiger partial charge in [0.2, 0.25) is 0 Å². The monoisotopic (exact) mass is 333 g/mol. The smallest absolute Gasteiger partial charge is 0.252 e. The summed E-state index contributed by atoms with van der Waals surface area (Å²) in [5.41, 5.74) is 6.54. The van der Waals surface area contributed by atoms with Crippen molar-refractivity contribution < 1.29 is 9.18 Å². The summed E-state index contributed by atoms with van der Waals surface area (Å²) in [5.74, 6) is -0.452. The number of benzene rings is 2. The van der Waals surface area contributed by atoms with Crippen LogP contribution in [0.4, 0.5) is 4.39 Å². The van der Waals surface area contributed by atoms with E-state index in [4.69, 9.17) is 40.5 Å². The second kappa shape index (κ2) is 8.22. The third kappa shape index (κ3) is 5.47. The van der Waals surface area contributed by atoms with E-state index < -0.39 is 11.1 Å². The van der Waals surface area contributed by atoms with E-state index in [-0.39, 0.29) is 5.56 Å². The lowest BCUT2D eigenvalue weighted by Gasteiger charge is -1.97. The molecule has 0 aromatic heterocycles. The van der Waals surface area contributed by atoms with Gasteiger partial charge in [0.1, 0.15) is 5.82 Å². The number of nitrogens with two attached hydrogens (primary N) is 1. The predicted molar refractivity (Wildman–Crippen MR) is 80.9 cm³/mol. The quantitative estimate of drug-likeness (QED) is 0.812. The second-order valence-corrected chi connectivity index (χ2v) is 4.89. The minimum absolute atomic E-state index is 0.182. The Kier molecular flexibility index (Phi) is 6.96. The summed E-state index contributed by atoms with van der Waals surface area (Å²) in [5, 5.41) is 0.489. The SMILES string of the molecule is NCc1ccc(Cl)c(Cl)c1.O=C(Cl)c1cccc(F)c1. The van der Waals surface area contributed by atoms with Gasteiger partial charge in [-0.25, -0.2) is 4.39 Å². The average Bonchev–Trinajstić information content (AvgIpc) is 2.42. The molecule has 0 spiro atoms. The van der Waals surface area contributed by atoms with Crippen LogP contribution in [0.25, 0.3) is 0 Å². The summed E-state index contributed by atoms with van der Waals surface area (Å²) in [7, 11) is 0. The minimum atomic E-state index is -0.639. The maximum atomic E-state index is 12.3. The molecule has 0 heterocycles. The molecule has 106 valence electrons. The van der Waals surface area contributed by atoms with Crippen molar-refractivity contribution in [3.63, 3.8) is 0 Å². The van der Waals surface area contributed by atoms with E-state index in [0.29, 0.717) is 16.6 Å². The average molecular weight is 335 g/mol. The van der Waals surface area contributed by atoms with Crippen LogP contribution in [0.2, 0.25) is 10.0 Å². The van der Waals surface area contributed by atoms with Crippen LogP contribution in [0.3, 0.4) is 0 Å². The molecule has 0 amide bonds. The van der Waals surface area contributed by atoms with Crippen LogP contribution in [0.15, 0.2) is 42.5 Å². The Morgan fingerprint density at radius 3 is 2.25 bits per heavy atom. The van der Waals surface area contributed by atoms with Gasteiger partial charge in [-0.15, -0.1) is 0 Å². The van der Waals surface area contributed by atoms with Gasteiger partial charge in [-0.3, -0.25) is 4.79 Å². The van der Waals surface area contributed by atoms with E-state index in [1.807, 2.05) is 6.07 Å². The van der Waals surface area contributed by atoms with E-state index in [1.165, 1.54) is 18.2 Å². The highest BCUT2D eigenvalue weighted by atomic mass is 35.5. The number of halogens is 4. The molecule has 2 rings (SSSR count). The molecule has 6 heteroatoms. The molecule has 0 aliphatic heterocycles. The first kappa shape index (κ1) is 16.9. The summed E-state index contributed by atoms with van der Waals surface area (Å²) in [6.07, 6.45) is 0. The highest BCUT2D eigenvalue weighted by Crippen LogP contribution is 2.22. The van der Waals surface area contributed by atoms with Gasteiger partial charge in [0.25, 0.3) is 5.24 Å². The van der Waals surface area contributed by atoms with Gasteiger partial charge in [-0.05, 0) is 47.5 Å². The standard InChI is InChI=1S/C7H7Cl2N.C7H4ClFO/c8-6-2-1-5(4-10)3-7(6)9;8-7(10)5-2-1-3-6(9)4-5/h1-3H,4,10H2;1-4H. The van der Waals surface area contributed by atoms with Crippen LogP contribution in [-0.4, -0.2) is 5.24 Å². The van der Waals surface area contributed by atoms with E-state index in [0.717, 1.165) is 11.6 Å². The molecule has 2 N–H and O–H groups in total. The van der Waals surface area contributed by atoms with Crippen molar-refractivity contribution in [2.45, 2.75) is 6.54 Å². The zero-order valence-corrected chi connectivity index (χ0v) is 12.5. The third-order valence-electron chi connectivity index (χ3n) is 2.27. The number of hydrogen-bond donors (Lipinski definition) is 1. The van der Waals surface area contributed by atoms with Crippen molar-refractivity contribution in [1.82, 2.24) is 0 Å². The van der Waals surface area contributed by atoms with Gasteiger partial charge < -0.3 is 5.73 Å². The Morgan fingerprint density at radius 1 is 1.10 bits per heavy atom. The Balaban J connectivity index is 0.000000200. The van der Waals surface area contributed by atoms with Gasteiger partial charge in [0.15, 0.2) is 0 Å². The molecule has 2 nitrogen and oxygen atoms in total. The van der Waals surface area contributed by atoms with Crippen molar-refractivity contribution in [1.29, 1.82) is 0 Å². The molecule has 20 heavy (non-hydrogen) atoms. The Morgan fingerprint density at radius 2 is 1.80 bits per heavy atom. The molecule has 0 aliphatic carbocycles. The number of rotatable bonds is 2. The zero-order chi connectivity index (χ0) is 15.1. The molecular weight excluding hydrogens is 324 g/mol. The maximum absolute atomic E-state index is 12.3. The molecule has 0 bridgehead atoms. The molecule has 0 radical (unpaired) electrons. The summed E-state index contributed by atoms with van der Waals surface area (Å²) in [4.78, 5) is 10.4. The second-order valence-electron chi connectivity index (χ2n) is 3.74. The highest BCUT2D eigenvalue weighted by molar-refractivity contribution is 6.67. The first-order valence-electron chi connectivity index (χ1n) is 5.53. The van der Waals surface area contributed by atoms with E-state index in [9.17, 15) is 9.18 Å². The van der Waals surface area contributed by atoms with Crippen LogP contribution in [-0.2, 0) is 6.54 Å². The molecule has 0 saturated carbocycles. The van der Waals surface area contributed by atoms with Crippen molar-refractivity contribution in [3.8, 4) is 0 Å². The predicted octanol–water partition coefficient (Wildman–Crippen LogP) is 4.66. The largest absolute Gasteiger partial charge is 0.326 e. The summed E-state index contributed by atoms with van der Waals surface area (Å²) in [6, 6.07) is 10.6. The van der Waals surface area contributed by atoms with E-state index >= 15 is 0 Å². The lowest BCUT2D eigenvalue weighted by atomic mass is 10.2. The Labute approximate surface area is 131 Å². The van der Waals surface area contributed by atoms with Crippen molar-refractivity contribution >= 4 is 40.0 Å². The van der Waals surface area contributed by atoms with Crippen LogP contribution < -0.4 is 5.73 Å². The van der Waals surface area contributed by atoms with Crippen molar-refractivity contribution in [2.75, 3.05) is 0 Å². The lowest BCUT2D eigenvalue weighted by Crippen LogP contribution is -1.95. The third-order valence-corrected chi connectivity index (χ3v) is 3.23. The van der Waals surface area contributed by atoms with Crippen LogP contribution >= 0.6 is 34.8 Å². The maximum Gasteiger partial charge on any atom is 0.252 e. The minimum Gasteiger partial charge on any atom is -0.326 e. The number of carbonyl (C=O) groups excluding carboxylic acids is 1. The molecule has 0 unspecified atom stereocenters. The van der Waals surface area contributed by atoms with Crippen LogP contribution in [0, 0.1) is 5.82 Å². The van der Waals surface area contributed by atoms with Gasteiger partial charge in [0, 0.05) is 12.1 Å².